The maximum Gasteiger partial charge on any atom is 0.159 e. The minimum atomic E-state index is -0.0896. The van der Waals surface area contributed by atoms with Crippen molar-refractivity contribution in [2.45, 2.75) is 24.5 Å². The highest BCUT2D eigenvalue weighted by Crippen LogP contribution is 2.32. The highest BCUT2D eigenvalue weighted by molar-refractivity contribution is 7.98. The summed E-state index contributed by atoms with van der Waals surface area (Å²) in [6, 6.07) is 0. The number of hydrogen-bond donors (Lipinski definition) is 1. The highest BCUT2D eigenvalue weighted by Gasteiger charge is 2.19. The lowest BCUT2D eigenvalue weighted by molar-refractivity contribution is 0.112. The number of nitrogens with zero attached hydrogens (tertiary/aromatic N) is 2. The molecule has 1 atom stereocenters. The Morgan fingerprint density at radius 1 is 1.43 bits per heavy atom. The molecule has 0 fully saturated rings. The first-order valence-electron chi connectivity index (χ1n) is 4.48. The van der Waals surface area contributed by atoms with Crippen molar-refractivity contribution in [1.82, 2.24) is 9.97 Å². The zero-order chi connectivity index (χ0) is 10.1. The molecule has 0 aliphatic carbocycles. The van der Waals surface area contributed by atoms with Crippen molar-refractivity contribution in [2.75, 3.05) is 12.8 Å². The number of ether oxygens (including phenoxy) is 1. The second-order valence-corrected chi connectivity index (χ2v) is 4.25. The van der Waals surface area contributed by atoms with Crippen LogP contribution in [-0.4, -0.2) is 17.1 Å². The van der Waals surface area contributed by atoms with E-state index in [0.29, 0.717) is 11.6 Å². The SMILES string of the molecule is COC(C)c1nc(N)c2c(n1)CSC2. The van der Waals surface area contributed by atoms with E-state index in [4.69, 9.17) is 10.5 Å². The molecule has 0 radical (unpaired) electrons. The van der Waals surface area contributed by atoms with Crippen molar-refractivity contribution in [3.63, 3.8) is 0 Å². The number of fused-ring (bicyclic) bond motifs is 1. The number of nitrogens with two attached hydrogens (primary N) is 1. The number of hydrogen-bond acceptors (Lipinski definition) is 5. The fourth-order valence-electron chi connectivity index (χ4n) is 1.38. The van der Waals surface area contributed by atoms with Crippen molar-refractivity contribution in [3.05, 3.63) is 17.1 Å². The Morgan fingerprint density at radius 2 is 2.21 bits per heavy atom. The molecule has 1 aromatic rings. The summed E-state index contributed by atoms with van der Waals surface area (Å²) in [7, 11) is 1.65. The summed E-state index contributed by atoms with van der Waals surface area (Å²) in [5.41, 5.74) is 8.02. The van der Waals surface area contributed by atoms with Crippen LogP contribution in [0.3, 0.4) is 0 Å². The molecule has 4 nitrogen and oxygen atoms in total. The lowest BCUT2D eigenvalue weighted by Gasteiger charge is -2.10. The zero-order valence-corrected chi connectivity index (χ0v) is 9.10. The summed E-state index contributed by atoms with van der Waals surface area (Å²) >= 11 is 1.82. The quantitative estimate of drug-likeness (QED) is 0.803. The Labute approximate surface area is 87.3 Å². The van der Waals surface area contributed by atoms with Crippen molar-refractivity contribution in [2.24, 2.45) is 0 Å². The van der Waals surface area contributed by atoms with Gasteiger partial charge in [-0.1, -0.05) is 0 Å². The van der Waals surface area contributed by atoms with Crippen LogP contribution in [-0.2, 0) is 16.2 Å². The van der Waals surface area contributed by atoms with Gasteiger partial charge in [0.2, 0.25) is 0 Å². The van der Waals surface area contributed by atoms with Crippen LogP contribution < -0.4 is 5.73 Å². The molecule has 0 spiro atoms. The molecule has 0 saturated carbocycles. The van der Waals surface area contributed by atoms with E-state index >= 15 is 0 Å². The molecule has 1 aliphatic heterocycles. The van der Waals surface area contributed by atoms with Crippen molar-refractivity contribution >= 4 is 17.6 Å². The summed E-state index contributed by atoms with van der Waals surface area (Å²) in [5.74, 6) is 3.17. The third kappa shape index (κ3) is 1.57. The Hall–Kier alpha value is -0.810. The third-order valence-corrected chi connectivity index (χ3v) is 3.31. The molecule has 5 heteroatoms. The normalized spacial score (nSPS) is 16.7. The minimum absolute atomic E-state index is 0.0896. The van der Waals surface area contributed by atoms with Gasteiger partial charge >= 0.3 is 0 Å². The first kappa shape index (κ1) is 9.73. The van der Waals surface area contributed by atoms with Gasteiger partial charge in [-0.3, -0.25) is 0 Å². The molecule has 2 heterocycles. The van der Waals surface area contributed by atoms with Gasteiger partial charge in [0.05, 0.1) is 5.69 Å². The van der Waals surface area contributed by atoms with E-state index in [9.17, 15) is 0 Å². The third-order valence-electron chi connectivity index (χ3n) is 2.34. The molecule has 1 aliphatic rings. The smallest absolute Gasteiger partial charge is 0.159 e. The minimum Gasteiger partial charge on any atom is -0.383 e. The molecule has 76 valence electrons. The van der Waals surface area contributed by atoms with Gasteiger partial charge in [0.25, 0.3) is 0 Å². The van der Waals surface area contributed by atoms with Crippen LogP contribution in [0.2, 0.25) is 0 Å². The number of anilines is 1. The number of rotatable bonds is 2. The first-order valence-corrected chi connectivity index (χ1v) is 5.63. The standard InChI is InChI=1S/C9H13N3OS/c1-5(13-2)9-11-7-4-14-3-6(7)8(10)12-9/h5H,3-4H2,1-2H3,(H2,10,11,12). The van der Waals surface area contributed by atoms with Gasteiger partial charge in [0, 0.05) is 24.2 Å². The Balaban J connectivity index is 2.41. The van der Waals surface area contributed by atoms with E-state index in [1.807, 2.05) is 18.7 Å². The predicted molar refractivity (Wildman–Crippen MR) is 56.9 cm³/mol. The van der Waals surface area contributed by atoms with E-state index in [-0.39, 0.29) is 6.10 Å². The number of aromatic nitrogens is 2. The monoisotopic (exact) mass is 211 g/mol. The summed E-state index contributed by atoms with van der Waals surface area (Å²) in [4.78, 5) is 8.69. The summed E-state index contributed by atoms with van der Waals surface area (Å²) < 4.78 is 5.16. The summed E-state index contributed by atoms with van der Waals surface area (Å²) in [6.45, 7) is 1.92. The van der Waals surface area contributed by atoms with Crippen LogP contribution in [0.15, 0.2) is 0 Å². The van der Waals surface area contributed by atoms with Gasteiger partial charge < -0.3 is 10.5 Å². The topological polar surface area (TPSA) is 61.0 Å². The maximum absolute atomic E-state index is 5.85. The van der Waals surface area contributed by atoms with Gasteiger partial charge in [-0.05, 0) is 6.92 Å². The Bertz CT molecular complexity index is 356. The fraction of sp³-hybridized carbons (Fsp3) is 0.556. The van der Waals surface area contributed by atoms with Crippen LogP contribution in [0.1, 0.15) is 30.1 Å². The second kappa shape index (κ2) is 3.74. The summed E-state index contributed by atoms with van der Waals surface area (Å²) in [5, 5.41) is 0. The van der Waals surface area contributed by atoms with Gasteiger partial charge in [0.15, 0.2) is 5.82 Å². The van der Waals surface area contributed by atoms with Crippen LogP contribution in [0.4, 0.5) is 5.82 Å². The van der Waals surface area contributed by atoms with Crippen molar-refractivity contribution in [1.29, 1.82) is 0 Å². The molecular formula is C9H13N3OS. The van der Waals surface area contributed by atoms with E-state index in [2.05, 4.69) is 9.97 Å². The van der Waals surface area contributed by atoms with Crippen LogP contribution in [0.25, 0.3) is 0 Å². The largest absolute Gasteiger partial charge is 0.383 e. The lowest BCUT2D eigenvalue weighted by Crippen LogP contribution is -2.09. The van der Waals surface area contributed by atoms with Gasteiger partial charge in [-0.15, -0.1) is 0 Å². The van der Waals surface area contributed by atoms with Crippen LogP contribution in [0, 0.1) is 0 Å². The maximum atomic E-state index is 5.85. The second-order valence-electron chi connectivity index (χ2n) is 3.26. The van der Waals surface area contributed by atoms with Gasteiger partial charge in [0.1, 0.15) is 11.9 Å². The molecular weight excluding hydrogens is 198 g/mol. The first-order chi connectivity index (χ1) is 6.72. The summed E-state index contributed by atoms with van der Waals surface area (Å²) in [6.07, 6.45) is -0.0896. The van der Waals surface area contributed by atoms with Crippen LogP contribution >= 0.6 is 11.8 Å². The average Bonchev–Trinajstić information content (AvgIpc) is 2.64. The number of thioether (sulfide) groups is 1. The van der Waals surface area contributed by atoms with Gasteiger partial charge in [-0.2, -0.15) is 11.8 Å². The molecule has 0 saturated heterocycles. The van der Waals surface area contributed by atoms with Crippen molar-refractivity contribution < 1.29 is 4.74 Å². The molecule has 2 rings (SSSR count). The number of nitrogen functional groups attached to an aromatic ring is 1. The molecule has 0 aromatic carbocycles. The molecule has 14 heavy (non-hydrogen) atoms. The molecule has 0 bridgehead atoms. The molecule has 1 unspecified atom stereocenters. The van der Waals surface area contributed by atoms with E-state index in [1.165, 1.54) is 0 Å². The molecule has 1 aromatic heterocycles. The fourth-order valence-corrected chi connectivity index (χ4v) is 2.44. The predicted octanol–water partition coefficient (Wildman–Crippen LogP) is 1.51. The Kier molecular flexibility index (Phi) is 2.60. The van der Waals surface area contributed by atoms with E-state index in [1.54, 1.807) is 7.11 Å². The van der Waals surface area contributed by atoms with Crippen LogP contribution in [0.5, 0.6) is 0 Å². The highest BCUT2D eigenvalue weighted by atomic mass is 32.2. The van der Waals surface area contributed by atoms with E-state index < -0.39 is 0 Å². The zero-order valence-electron chi connectivity index (χ0n) is 8.28. The molecule has 2 N–H and O–H groups in total. The lowest BCUT2D eigenvalue weighted by atomic mass is 10.2. The van der Waals surface area contributed by atoms with Crippen molar-refractivity contribution in [3.8, 4) is 0 Å². The van der Waals surface area contributed by atoms with Gasteiger partial charge in [-0.25, -0.2) is 9.97 Å². The Morgan fingerprint density at radius 3 is 2.93 bits per heavy atom. The van der Waals surface area contributed by atoms with E-state index in [0.717, 1.165) is 22.8 Å². The number of methoxy groups -OCH3 is 1. The average molecular weight is 211 g/mol. The molecule has 0 amide bonds.